The molecule has 0 atom stereocenters. The van der Waals surface area contributed by atoms with Crippen LogP contribution in [0.1, 0.15) is 22.3 Å². The van der Waals surface area contributed by atoms with Crippen molar-refractivity contribution in [1.29, 1.82) is 0 Å². The first kappa shape index (κ1) is 16.4. The highest BCUT2D eigenvalue weighted by atomic mass is 79.9. The number of rotatable bonds is 4. The van der Waals surface area contributed by atoms with Crippen LogP contribution in [0.2, 0.25) is 0 Å². The van der Waals surface area contributed by atoms with E-state index in [1.54, 1.807) is 0 Å². The van der Waals surface area contributed by atoms with Crippen LogP contribution in [0, 0.1) is 27.7 Å². The van der Waals surface area contributed by atoms with Crippen molar-refractivity contribution in [3.8, 4) is 11.5 Å². The Kier molecular flexibility index (Phi) is 5.33. The van der Waals surface area contributed by atoms with Crippen molar-refractivity contribution < 1.29 is 9.47 Å². The van der Waals surface area contributed by atoms with Gasteiger partial charge < -0.3 is 9.47 Å². The first-order chi connectivity index (χ1) is 9.88. The van der Waals surface area contributed by atoms with E-state index in [1.807, 2.05) is 52.0 Å². The predicted molar refractivity (Wildman–Crippen MR) is 93.4 cm³/mol. The monoisotopic (exact) mass is 412 g/mol. The zero-order valence-corrected chi connectivity index (χ0v) is 15.8. The second-order valence-electron chi connectivity index (χ2n) is 5.15. The van der Waals surface area contributed by atoms with Crippen LogP contribution in [-0.4, -0.2) is 6.79 Å². The van der Waals surface area contributed by atoms with Crippen LogP contribution in [0.4, 0.5) is 0 Å². The number of hydrogen-bond donors (Lipinski definition) is 0. The molecule has 0 saturated heterocycles. The van der Waals surface area contributed by atoms with Crippen LogP contribution in [0.3, 0.4) is 0 Å². The summed E-state index contributed by atoms with van der Waals surface area (Å²) in [7, 11) is 0. The van der Waals surface area contributed by atoms with Gasteiger partial charge in [0.1, 0.15) is 11.5 Å². The van der Waals surface area contributed by atoms with Crippen LogP contribution in [0.5, 0.6) is 11.5 Å². The molecule has 4 heteroatoms. The maximum absolute atomic E-state index is 5.68. The lowest BCUT2D eigenvalue weighted by atomic mass is 10.1. The molecule has 0 unspecified atom stereocenters. The van der Waals surface area contributed by atoms with E-state index in [-0.39, 0.29) is 6.79 Å². The first-order valence-corrected chi connectivity index (χ1v) is 8.26. The highest BCUT2D eigenvalue weighted by molar-refractivity contribution is 9.10. The maximum atomic E-state index is 5.68. The zero-order valence-electron chi connectivity index (χ0n) is 12.6. The quantitative estimate of drug-likeness (QED) is 0.584. The molecule has 0 aliphatic heterocycles. The molecule has 0 heterocycles. The predicted octanol–water partition coefficient (Wildman–Crippen LogP) is 5.86. The molecule has 21 heavy (non-hydrogen) atoms. The van der Waals surface area contributed by atoms with Crippen molar-refractivity contribution in [2.45, 2.75) is 27.7 Å². The molecular weight excluding hydrogens is 396 g/mol. The first-order valence-electron chi connectivity index (χ1n) is 6.67. The van der Waals surface area contributed by atoms with Crippen molar-refractivity contribution in [1.82, 2.24) is 0 Å². The van der Waals surface area contributed by atoms with Gasteiger partial charge in [-0.1, -0.05) is 31.9 Å². The SMILES string of the molecule is Cc1cc(OCOc2cc(C)c(Br)c(C)c2)cc(C)c1Br. The average molecular weight is 414 g/mol. The number of ether oxygens (including phenoxy) is 2. The lowest BCUT2D eigenvalue weighted by Gasteiger charge is -2.13. The molecule has 0 bridgehead atoms. The molecule has 0 fully saturated rings. The molecule has 0 N–H and O–H groups in total. The van der Waals surface area contributed by atoms with Gasteiger partial charge in [0, 0.05) is 8.95 Å². The number of hydrogen-bond acceptors (Lipinski definition) is 2. The molecule has 2 rings (SSSR count). The van der Waals surface area contributed by atoms with Gasteiger partial charge in [-0.25, -0.2) is 0 Å². The molecule has 2 aromatic carbocycles. The fourth-order valence-electron chi connectivity index (χ4n) is 2.14. The molecule has 0 spiro atoms. The lowest BCUT2D eigenvalue weighted by Crippen LogP contribution is -2.06. The maximum Gasteiger partial charge on any atom is 0.230 e. The third-order valence-electron chi connectivity index (χ3n) is 3.27. The number of aryl methyl sites for hydroxylation is 4. The van der Waals surface area contributed by atoms with Gasteiger partial charge in [-0.15, -0.1) is 0 Å². The summed E-state index contributed by atoms with van der Waals surface area (Å²) in [6, 6.07) is 7.99. The van der Waals surface area contributed by atoms with E-state index in [0.29, 0.717) is 0 Å². The largest absolute Gasteiger partial charge is 0.457 e. The van der Waals surface area contributed by atoms with Crippen LogP contribution >= 0.6 is 31.9 Å². The summed E-state index contributed by atoms with van der Waals surface area (Å²) in [6.45, 7) is 8.39. The Morgan fingerprint density at radius 2 is 0.952 bits per heavy atom. The van der Waals surface area contributed by atoms with E-state index in [2.05, 4.69) is 31.9 Å². The Morgan fingerprint density at radius 3 is 1.24 bits per heavy atom. The Bertz CT molecular complexity index is 562. The molecule has 0 radical (unpaired) electrons. The highest BCUT2D eigenvalue weighted by Gasteiger charge is 2.05. The fraction of sp³-hybridized carbons (Fsp3) is 0.294. The van der Waals surface area contributed by atoms with E-state index >= 15 is 0 Å². The number of halogens is 2. The van der Waals surface area contributed by atoms with Gasteiger partial charge in [0.25, 0.3) is 0 Å². The van der Waals surface area contributed by atoms with E-state index in [9.17, 15) is 0 Å². The van der Waals surface area contributed by atoms with Crippen molar-refractivity contribution >= 4 is 31.9 Å². The minimum Gasteiger partial charge on any atom is -0.457 e. The van der Waals surface area contributed by atoms with Crippen LogP contribution in [0.25, 0.3) is 0 Å². The van der Waals surface area contributed by atoms with Gasteiger partial charge in [0.05, 0.1) is 0 Å². The van der Waals surface area contributed by atoms with Crippen LogP contribution in [-0.2, 0) is 0 Å². The Labute approximate surface area is 142 Å². The summed E-state index contributed by atoms with van der Waals surface area (Å²) in [5, 5.41) is 0. The Balaban J connectivity index is 2.02. The smallest absolute Gasteiger partial charge is 0.230 e. The fourth-order valence-corrected chi connectivity index (χ4v) is 2.60. The molecule has 0 amide bonds. The summed E-state index contributed by atoms with van der Waals surface area (Å²) in [4.78, 5) is 0. The minimum atomic E-state index is 0.195. The summed E-state index contributed by atoms with van der Waals surface area (Å²) in [5.74, 6) is 1.64. The summed E-state index contributed by atoms with van der Waals surface area (Å²) >= 11 is 7.10. The number of benzene rings is 2. The second-order valence-corrected chi connectivity index (χ2v) is 6.73. The molecule has 2 aromatic rings. The Hall–Kier alpha value is -1.00. The molecule has 0 aliphatic carbocycles. The van der Waals surface area contributed by atoms with Crippen LogP contribution in [0.15, 0.2) is 33.2 Å². The standard InChI is InChI=1S/C17H18Br2O2/c1-10-5-14(6-11(2)16(10)18)20-9-21-15-7-12(3)17(19)13(4)8-15/h5-8H,9H2,1-4H3. The van der Waals surface area contributed by atoms with Crippen molar-refractivity contribution in [2.75, 3.05) is 6.79 Å². The summed E-state index contributed by atoms with van der Waals surface area (Å²) in [5.41, 5.74) is 4.61. The van der Waals surface area contributed by atoms with Gasteiger partial charge in [0.2, 0.25) is 6.79 Å². The van der Waals surface area contributed by atoms with E-state index in [4.69, 9.17) is 9.47 Å². The van der Waals surface area contributed by atoms with Gasteiger partial charge >= 0.3 is 0 Å². The molecular formula is C17H18Br2O2. The molecule has 0 aromatic heterocycles. The zero-order chi connectivity index (χ0) is 15.6. The molecule has 0 aliphatic rings. The summed E-state index contributed by atoms with van der Waals surface area (Å²) < 4.78 is 13.6. The third kappa shape index (κ3) is 4.01. The topological polar surface area (TPSA) is 18.5 Å². The van der Waals surface area contributed by atoms with E-state index < -0.39 is 0 Å². The van der Waals surface area contributed by atoms with Gasteiger partial charge in [-0.3, -0.25) is 0 Å². The molecule has 0 saturated carbocycles. The van der Waals surface area contributed by atoms with Gasteiger partial charge in [-0.2, -0.15) is 0 Å². The molecule has 112 valence electrons. The average Bonchev–Trinajstić information content (AvgIpc) is 2.42. The second kappa shape index (κ2) is 6.84. The third-order valence-corrected chi connectivity index (χ3v) is 5.77. The van der Waals surface area contributed by atoms with Gasteiger partial charge in [0.15, 0.2) is 0 Å². The lowest BCUT2D eigenvalue weighted by molar-refractivity contribution is 0.119. The van der Waals surface area contributed by atoms with Crippen LogP contribution < -0.4 is 9.47 Å². The molecule has 2 nitrogen and oxygen atoms in total. The van der Waals surface area contributed by atoms with E-state index in [1.165, 1.54) is 0 Å². The van der Waals surface area contributed by atoms with Crippen molar-refractivity contribution in [3.63, 3.8) is 0 Å². The van der Waals surface area contributed by atoms with Crippen molar-refractivity contribution in [3.05, 3.63) is 55.5 Å². The van der Waals surface area contributed by atoms with E-state index in [0.717, 1.165) is 42.7 Å². The highest BCUT2D eigenvalue weighted by Crippen LogP contribution is 2.28. The Morgan fingerprint density at radius 1 is 0.667 bits per heavy atom. The van der Waals surface area contributed by atoms with Crippen molar-refractivity contribution in [2.24, 2.45) is 0 Å². The summed E-state index contributed by atoms with van der Waals surface area (Å²) in [6.07, 6.45) is 0. The van der Waals surface area contributed by atoms with Gasteiger partial charge in [-0.05, 0) is 74.2 Å². The minimum absolute atomic E-state index is 0.195. The normalized spacial score (nSPS) is 10.6.